The molecular weight excluding hydrogens is 456 g/mol. The van der Waals surface area contributed by atoms with Crippen molar-refractivity contribution < 1.29 is 14.3 Å². The predicted octanol–water partition coefficient (Wildman–Crippen LogP) is 4.36. The van der Waals surface area contributed by atoms with Crippen LogP contribution in [-0.4, -0.2) is 58.0 Å². The Morgan fingerprint density at radius 1 is 1.11 bits per heavy atom. The van der Waals surface area contributed by atoms with Gasteiger partial charge in [-0.15, -0.1) is 0 Å². The lowest BCUT2D eigenvalue weighted by Gasteiger charge is -2.17. The van der Waals surface area contributed by atoms with Crippen LogP contribution in [0.4, 0.5) is 11.6 Å². The molecule has 3 aromatic rings. The number of carbonyl (C=O) groups is 2. The second-order valence-corrected chi connectivity index (χ2v) is 8.28. The van der Waals surface area contributed by atoms with Crippen LogP contribution in [0.1, 0.15) is 45.2 Å². The van der Waals surface area contributed by atoms with Gasteiger partial charge in [-0.2, -0.15) is 0 Å². The Hall–Kier alpha value is -3.85. The van der Waals surface area contributed by atoms with Crippen molar-refractivity contribution in [1.82, 2.24) is 19.9 Å². The first-order chi connectivity index (χ1) is 17.5. The lowest BCUT2D eigenvalue weighted by molar-refractivity contribution is -0.142. The van der Waals surface area contributed by atoms with Crippen molar-refractivity contribution in [2.75, 3.05) is 36.9 Å². The predicted molar refractivity (Wildman–Crippen MR) is 142 cm³/mol. The molecule has 2 N–H and O–H groups in total. The fourth-order valence-corrected chi connectivity index (χ4v) is 3.68. The molecule has 190 valence electrons. The summed E-state index contributed by atoms with van der Waals surface area (Å²) in [7, 11) is 0. The summed E-state index contributed by atoms with van der Waals surface area (Å²) in [5.41, 5.74) is 1.78. The summed E-state index contributed by atoms with van der Waals surface area (Å²) < 4.78 is 5.22. The number of aromatic nitrogens is 3. The number of benzene rings is 1. The van der Waals surface area contributed by atoms with Gasteiger partial charge in [0.05, 0.1) is 24.7 Å². The molecule has 1 aromatic carbocycles. The van der Waals surface area contributed by atoms with E-state index in [0.717, 1.165) is 37.0 Å². The first-order valence-corrected chi connectivity index (χ1v) is 12.3. The van der Waals surface area contributed by atoms with Crippen LogP contribution in [0.3, 0.4) is 0 Å². The van der Waals surface area contributed by atoms with Gasteiger partial charge in [-0.1, -0.05) is 50.3 Å². The summed E-state index contributed by atoms with van der Waals surface area (Å²) in [6.45, 7) is 9.48. The van der Waals surface area contributed by atoms with Crippen molar-refractivity contribution in [2.45, 2.75) is 39.7 Å². The fourth-order valence-electron chi connectivity index (χ4n) is 3.68. The summed E-state index contributed by atoms with van der Waals surface area (Å²) >= 11 is 0. The molecule has 0 aliphatic carbocycles. The van der Waals surface area contributed by atoms with E-state index >= 15 is 0 Å². The van der Waals surface area contributed by atoms with Gasteiger partial charge in [0.1, 0.15) is 18.0 Å². The lowest BCUT2D eigenvalue weighted by atomic mass is 10.1. The smallest absolute Gasteiger partial charge is 0.309 e. The molecule has 9 nitrogen and oxygen atoms in total. The second-order valence-electron chi connectivity index (χ2n) is 8.28. The van der Waals surface area contributed by atoms with E-state index in [1.54, 1.807) is 12.3 Å². The maximum Gasteiger partial charge on any atom is 0.309 e. The van der Waals surface area contributed by atoms with Gasteiger partial charge in [0.25, 0.3) is 0 Å². The number of hydrogen-bond acceptors (Lipinski definition) is 8. The summed E-state index contributed by atoms with van der Waals surface area (Å²) in [5, 5.41) is 6.86. The zero-order valence-electron chi connectivity index (χ0n) is 21.1. The molecule has 0 fully saturated rings. The molecule has 0 saturated carbocycles. The van der Waals surface area contributed by atoms with Gasteiger partial charge in [-0.25, -0.2) is 15.0 Å². The Bertz CT molecular complexity index is 1160. The number of nitrogens with zero attached hydrogens (tertiary/aromatic N) is 4. The van der Waals surface area contributed by atoms with Gasteiger partial charge >= 0.3 is 5.97 Å². The van der Waals surface area contributed by atoms with E-state index in [4.69, 9.17) is 4.74 Å². The molecule has 1 amide bonds. The first kappa shape index (κ1) is 26.7. The van der Waals surface area contributed by atoms with Crippen LogP contribution in [0, 0.1) is 0 Å². The van der Waals surface area contributed by atoms with Crippen molar-refractivity contribution in [3.8, 4) is 0 Å². The highest BCUT2D eigenvalue weighted by molar-refractivity contribution is 6.00. The van der Waals surface area contributed by atoms with Crippen LogP contribution < -0.4 is 10.6 Å². The zero-order valence-corrected chi connectivity index (χ0v) is 21.1. The molecular formula is C27H34N6O3. The molecule has 3 rings (SSSR count). The minimum atomic E-state index is -0.389. The molecule has 1 unspecified atom stereocenters. The van der Waals surface area contributed by atoms with Crippen LogP contribution in [0.5, 0.6) is 0 Å². The topological polar surface area (TPSA) is 109 Å². The number of esters is 1. The highest BCUT2D eigenvalue weighted by Crippen LogP contribution is 2.25. The molecule has 1 atom stereocenters. The van der Waals surface area contributed by atoms with E-state index in [9.17, 15) is 9.59 Å². The van der Waals surface area contributed by atoms with Crippen molar-refractivity contribution in [1.29, 1.82) is 0 Å². The maximum atomic E-state index is 12.3. The average Bonchev–Trinajstić information content (AvgIpc) is 2.89. The standard InChI is InChI=1S/C27H34N6O3/c1-4-33(5-2)15-10-16-36-26(35)14-9-13-25(34)32-24-17-22-23(18-28-24)29-19-30-27(22)31-20(3)21-11-7-6-8-12-21/h6-9,11-13,17-20H,4-5,10,14-16H2,1-3H3,(H,28,32,34)(H,29,30,31)/b13-9+. The number of hydrogen-bond donors (Lipinski definition) is 2. The highest BCUT2D eigenvalue weighted by Gasteiger charge is 2.11. The maximum absolute atomic E-state index is 12.3. The Kier molecular flexibility index (Phi) is 10.3. The molecule has 9 heteroatoms. The van der Waals surface area contributed by atoms with Gasteiger partial charge in [0.15, 0.2) is 0 Å². The van der Waals surface area contributed by atoms with E-state index < -0.39 is 0 Å². The number of fused-ring (bicyclic) bond motifs is 1. The Labute approximate surface area is 212 Å². The van der Waals surface area contributed by atoms with Gasteiger partial charge in [-0.05, 0) is 44.1 Å². The van der Waals surface area contributed by atoms with E-state index in [-0.39, 0.29) is 24.3 Å². The molecule has 0 aliphatic rings. The largest absolute Gasteiger partial charge is 0.465 e. The molecule has 2 heterocycles. The van der Waals surface area contributed by atoms with E-state index in [0.29, 0.717) is 23.8 Å². The summed E-state index contributed by atoms with van der Waals surface area (Å²) in [5.74, 6) is 0.262. The van der Waals surface area contributed by atoms with Crippen LogP contribution >= 0.6 is 0 Å². The van der Waals surface area contributed by atoms with Gasteiger partial charge in [0.2, 0.25) is 5.91 Å². The average molecular weight is 491 g/mol. The number of anilines is 2. The van der Waals surface area contributed by atoms with Crippen molar-refractivity contribution in [3.05, 3.63) is 66.6 Å². The minimum Gasteiger partial charge on any atom is -0.465 e. The quantitative estimate of drug-likeness (QED) is 0.207. The van der Waals surface area contributed by atoms with Gasteiger partial charge in [-0.3, -0.25) is 9.59 Å². The fraction of sp³-hybridized carbons (Fsp3) is 0.370. The van der Waals surface area contributed by atoms with Gasteiger partial charge in [0, 0.05) is 18.0 Å². The molecule has 0 bridgehead atoms. The summed E-state index contributed by atoms with van der Waals surface area (Å²) in [6, 6.07) is 11.8. The monoisotopic (exact) mass is 490 g/mol. The number of carbonyl (C=O) groups excluding carboxylic acids is 2. The molecule has 0 radical (unpaired) electrons. The lowest BCUT2D eigenvalue weighted by Crippen LogP contribution is -2.25. The van der Waals surface area contributed by atoms with E-state index in [1.165, 1.54) is 18.5 Å². The number of amides is 1. The molecule has 0 spiro atoms. The van der Waals surface area contributed by atoms with E-state index in [1.807, 2.05) is 37.3 Å². The number of nitrogens with one attached hydrogen (secondary N) is 2. The van der Waals surface area contributed by atoms with Crippen LogP contribution in [0.15, 0.2) is 61.1 Å². The third-order valence-corrected chi connectivity index (χ3v) is 5.76. The normalized spacial score (nSPS) is 12.1. The second kappa shape index (κ2) is 13.9. The van der Waals surface area contributed by atoms with Gasteiger partial charge < -0.3 is 20.3 Å². The van der Waals surface area contributed by atoms with Crippen LogP contribution in [0.25, 0.3) is 10.9 Å². The molecule has 2 aromatic heterocycles. The van der Waals surface area contributed by atoms with Crippen molar-refractivity contribution in [2.24, 2.45) is 0 Å². The zero-order chi connectivity index (χ0) is 25.8. The Morgan fingerprint density at radius 2 is 1.89 bits per heavy atom. The Morgan fingerprint density at radius 3 is 2.64 bits per heavy atom. The summed E-state index contributed by atoms with van der Waals surface area (Å²) in [6.07, 6.45) is 6.68. The molecule has 0 aliphatic heterocycles. The van der Waals surface area contributed by atoms with Crippen molar-refractivity contribution >= 4 is 34.4 Å². The third kappa shape index (κ3) is 8.13. The number of ether oxygens (including phenoxy) is 1. The number of rotatable bonds is 13. The SMILES string of the molecule is CCN(CC)CCCOC(=O)C/C=C/C(=O)Nc1cc2c(NC(C)c3ccccc3)ncnc2cn1. The highest BCUT2D eigenvalue weighted by atomic mass is 16.5. The van der Waals surface area contributed by atoms with Crippen molar-refractivity contribution in [3.63, 3.8) is 0 Å². The van der Waals surface area contributed by atoms with Crippen LogP contribution in [-0.2, 0) is 14.3 Å². The number of pyridine rings is 1. The molecule has 0 saturated heterocycles. The Balaban J connectivity index is 1.53. The first-order valence-electron chi connectivity index (χ1n) is 12.3. The molecule has 36 heavy (non-hydrogen) atoms. The van der Waals surface area contributed by atoms with Crippen LogP contribution in [0.2, 0.25) is 0 Å². The van der Waals surface area contributed by atoms with E-state index in [2.05, 4.69) is 44.3 Å². The minimum absolute atomic E-state index is 0.0235. The summed E-state index contributed by atoms with van der Waals surface area (Å²) in [4.78, 5) is 39.4. The third-order valence-electron chi connectivity index (χ3n) is 5.76.